The summed E-state index contributed by atoms with van der Waals surface area (Å²) in [6.07, 6.45) is 0. The van der Waals surface area contributed by atoms with Gasteiger partial charge in [0.15, 0.2) is 4.60 Å². The molecule has 1 aliphatic heterocycles. The predicted octanol–water partition coefficient (Wildman–Crippen LogP) is 2.36. The molecule has 1 aliphatic rings. The minimum absolute atomic E-state index is 0.0140. The molecule has 0 spiro atoms. The van der Waals surface area contributed by atoms with E-state index in [-0.39, 0.29) is 16.0 Å². The maximum atomic E-state index is 11.1. The summed E-state index contributed by atoms with van der Waals surface area (Å²) in [5, 5.41) is 30.7. The van der Waals surface area contributed by atoms with Crippen LogP contribution in [0.3, 0.4) is 0 Å². The molecule has 2 aromatic rings. The van der Waals surface area contributed by atoms with Gasteiger partial charge >= 0.3 is 11.4 Å². The van der Waals surface area contributed by atoms with Crippen LogP contribution in [0.4, 0.5) is 11.4 Å². The molecule has 0 N–H and O–H groups in total. The van der Waals surface area contributed by atoms with Gasteiger partial charge in [-0.15, -0.1) is 0 Å². The van der Waals surface area contributed by atoms with Crippen molar-refractivity contribution in [3.05, 3.63) is 40.8 Å². The van der Waals surface area contributed by atoms with Crippen LogP contribution in [0.25, 0.3) is 0 Å². The normalized spacial score (nSPS) is 15.6. The lowest BCUT2D eigenvalue weighted by atomic mass is 10.3. The van der Waals surface area contributed by atoms with Gasteiger partial charge in [-0.05, 0) is 45.7 Å². The van der Waals surface area contributed by atoms with E-state index in [4.69, 9.17) is 0 Å². The highest BCUT2D eigenvalue weighted by molar-refractivity contribution is 9.10. The van der Waals surface area contributed by atoms with E-state index < -0.39 is 9.85 Å². The van der Waals surface area contributed by atoms with Gasteiger partial charge in [0.05, 0.1) is 22.9 Å². The number of aryl methyl sites for hydroxylation is 1. The molecular weight excluding hydrogens is 528 g/mol. The van der Waals surface area contributed by atoms with Crippen LogP contribution < -0.4 is 0 Å². The Kier molecular flexibility index (Phi) is 7.21. The summed E-state index contributed by atoms with van der Waals surface area (Å²) in [7, 11) is 0. The average Bonchev–Trinajstić information content (AvgIpc) is 3.13. The van der Waals surface area contributed by atoms with Crippen LogP contribution in [0.2, 0.25) is 0 Å². The smallest absolute Gasteiger partial charge is 0.299 e. The third kappa shape index (κ3) is 4.87. The van der Waals surface area contributed by atoms with E-state index in [2.05, 4.69) is 51.9 Å². The maximum Gasteiger partial charge on any atom is 0.324 e. The zero-order chi connectivity index (χ0) is 22.0. The Morgan fingerprint density at radius 1 is 0.833 bits per heavy atom. The molecule has 0 atom stereocenters. The number of nitro groups is 2. The second-order valence-electron chi connectivity index (χ2n) is 7.09. The Hall–Kier alpha value is -1.90. The fraction of sp³-hybridized carbons (Fsp3) is 0.625. The van der Waals surface area contributed by atoms with E-state index >= 15 is 0 Å². The van der Waals surface area contributed by atoms with Crippen molar-refractivity contribution in [1.82, 2.24) is 29.4 Å². The van der Waals surface area contributed by atoms with Gasteiger partial charge in [0, 0.05) is 39.3 Å². The van der Waals surface area contributed by atoms with Gasteiger partial charge in [-0.3, -0.25) is 39.4 Å². The Bertz CT molecular complexity index is 875. The first-order valence-electron chi connectivity index (χ1n) is 9.38. The van der Waals surface area contributed by atoms with Crippen LogP contribution in [0.15, 0.2) is 9.21 Å². The molecule has 164 valence electrons. The largest absolute Gasteiger partial charge is 0.324 e. The summed E-state index contributed by atoms with van der Waals surface area (Å²) in [6, 6.07) is 0. The monoisotopic (exact) mass is 548 g/mol. The lowest BCUT2D eigenvalue weighted by Gasteiger charge is -2.34. The number of nitrogens with zero attached hydrogens (tertiary/aromatic N) is 8. The van der Waals surface area contributed by atoms with E-state index in [9.17, 15) is 20.2 Å². The minimum atomic E-state index is -0.421. The number of aromatic nitrogens is 4. The second-order valence-corrected chi connectivity index (χ2v) is 8.60. The van der Waals surface area contributed by atoms with Crippen LogP contribution in [-0.4, -0.2) is 78.5 Å². The van der Waals surface area contributed by atoms with E-state index in [1.54, 1.807) is 23.2 Å². The summed E-state index contributed by atoms with van der Waals surface area (Å²) < 4.78 is 3.96. The molecule has 2 aromatic heterocycles. The molecule has 0 aliphatic carbocycles. The van der Waals surface area contributed by atoms with E-state index in [1.165, 1.54) is 0 Å². The average molecular weight is 550 g/mol. The highest BCUT2D eigenvalue weighted by Crippen LogP contribution is 2.28. The van der Waals surface area contributed by atoms with Crippen molar-refractivity contribution in [2.45, 2.75) is 26.9 Å². The SMILES string of the molecule is Cc1nn(CCN2CCN(CCn3nc(Br)c([N+](=O)[O-])c3C)CC2)c(Br)c1[N+](=O)[O-]. The fourth-order valence-electron chi connectivity index (χ4n) is 3.53. The quantitative estimate of drug-likeness (QED) is 0.362. The molecule has 0 radical (unpaired) electrons. The predicted molar refractivity (Wildman–Crippen MR) is 116 cm³/mol. The zero-order valence-electron chi connectivity index (χ0n) is 16.6. The first-order valence-corrected chi connectivity index (χ1v) is 11.0. The van der Waals surface area contributed by atoms with Crippen molar-refractivity contribution in [2.75, 3.05) is 39.3 Å². The van der Waals surface area contributed by atoms with Gasteiger partial charge in [0.2, 0.25) is 4.60 Å². The van der Waals surface area contributed by atoms with Crippen molar-refractivity contribution < 1.29 is 9.85 Å². The van der Waals surface area contributed by atoms with Gasteiger partial charge in [0.1, 0.15) is 11.4 Å². The Labute approximate surface area is 189 Å². The molecule has 1 saturated heterocycles. The van der Waals surface area contributed by atoms with Crippen LogP contribution >= 0.6 is 31.9 Å². The summed E-state index contributed by atoms with van der Waals surface area (Å²) in [4.78, 5) is 26.0. The molecule has 0 aromatic carbocycles. The molecule has 0 amide bonds. The van der Waals surface area contributed by atoms with Crippen LogP contribution in [0.5, 0.6) is 0 Å². The Morgan fingerprint density at radius 2 is 1.33 bits per heavy atom. The van der Waals surface area contributed by atoms with Gasteiger partial charge in [-0.2, -0.15) is 10.2 Å². The zero-order valence-corrected chi connectivity index (χ0v) is 19.8. The summed E-state index contributed by atoms with van der Waals surface area (Å²) >= 11 is 6.44. The number of halogens is 2. The molecule has 30 heavy (non-hydrogen) atoms. The number of rotatable bonds is 8. The number of piperazine rings is 1. The van der Waals surface area contributed by atoms with Crippen LogP contribution in [-0.2, 0) is 13.1 Å². The van der Waals surface area contributed by atoms with E-state index in [1.807, 2.05) is 0 Å². The van der Waals surface area contributed by atoms with Gasteiger partial charge in [-0.1, -0.05) is 0 Å². The van der Waals surface area contributed by atoms with Gasteiger partial charge < -0.3 is 0 Å². The first-order chi connectivity index (χ1) is 14.2. The topological polar surface area (TPSA) is 128 Å². The van der Waals surface area contributed by atoms with Gasteiger partial charge in [-0.25, -0.2) is 0 Å². The van der Waals surface area contributed by atoms with E-state index in [0.29, 0.717) is 29.1 Å². The van der Waals surface area contributed by atoms with Gasteiger partial charge in [0.25, 0.3) is 0 Å². The first kappa shape index (κ1) is 22.8. The Morgan fingerprint density at radius 3 is 1.77 bits per heavy atom. The minimum Gasteiger partial charge on any atom is -0.299 e. The molecule has 1 fully saturated rings. The highest BCUT2D eigenvalue weighted by Gasteiger charge is 2.25. The number of hydrogen-bond acceptors (Lipinski definition) is 8. The molecule has 12 nitrogen and oxygen atoms in total. The molecular formula is C16H22Br2N8O4. The molecule has 0 saturated carbocycles. The second kappa shape index (κ2) is 9.49. The summed E-state index contributed by atoms with van der Waals surface area (Å²) in [5.74, 6) is 0. The molecule has 0 unspecified atom stereocenters. The van der Waals surface area contributed by atoms with Crippen molar-refractivity contribution in [3.8, 4) is 0 Å². The third-order valence-electron chi connectivity index (χ3n) is 5.26. The molecule has 14 heteroatoms. The number of hydrogen-bond donors (Lipinski definition) is 0. The maximum absolute atomic E-state index is 11.1. The van der Waals surface area contributed by atoms with Crippen molar-refractivity contribution in [2.24, 2.45) is 0 Å². The van der Waals surface area contributed by atoms with Crippen molar-refractivity contribution in [3.63, 3.8) is 0 Å². The summed E-state index contributed by atoms with van der Waals surface area (Å²) in [6.45, 7) is 9.51. The van der Waals surface area contributed by atoms with Crippen LogP contribution in [0, 0.1) is 34.1 Å². The van der Waals surface area contributed by atoms with Crippen molar-refractivity contribution >= 4 is 43.2 Å². The standard InChI is InChI=1S/C16H22Br2N8O4/c1-11-13(25(27)28)16(18)24(19-11)10-8-22-5-3-21(4-6-22)7-9-23-12(2)14(26(29)30)15(17)20-23/h3-10H2,1-2H3. The molecule has 0 bridgehead atoms. The fourth-order valence-corrected chi connectivity index (χ4v) is 4.84. The Balaban J connectivity index is 1.47. The van der Waals surface area contributed by atoms with Crippen molar-refractivity contribution in [1.29, 1.82) is 0 Å². The molecule has 3 heterocycles. The third-order valence-corrected chi connectivity index (χ3v) is 6.57. The lowest BCUT2D eigenvalue weighted by molar-refractivity contribution is -0.386. The lowest BCUT2D eigenvalue weighted by Crippen LogP contribution is -2.48. The summed E-state index contributed by atoms with van der Waals surface area (Å²) in [5.41, 5.74) is 0.970. The van der Waals surface area contributed by atoms with E-state index in [0.717, 1.165) is 39.3 Å². The molecule has 3 rings (SSSR count). The van der Waals surface area contributed by atoms with Crippen LogP contribution in [0.1, 0.15) is 11.4 Å². The highest BCUT2D eigenvalue weighted by atomic mass is 79.9.